The smallest absolute Gasteiger partial charge is 0.0837 e. The van der Waals surface area contributed by atoms with Crippen LogP contribution in [0.15, 0.2) is 126 Å². The molecule has 5 aromatic carbocycles. The summed E-state index contributed by atoms with van der Waals surface area (Å²) in [5, 5.41) is 1.59. The predicted octanol–water partition coefficient (Wildman–Crippen LogP) is 15.8. The molecule has 61 heavy (non-hydrogen) atoms. The lowest BCUT2D eigenvalue weighted by molar-refractivity contribution is -0.00473. The van der Waals surface area contributed by atoms with E-state index in [1.807, 2.05) is 0 Å². The highest BCUT2D eigenvalue weighted by Gasteiger charge is 2.40. The second-order valence-corrected chi connectivity index (χ2v) is 24.6. The number of unbranched alkanes of at least 4 members (excludes halogenated alkanes) is 3. The summed E-state index contributed by atoms with van der Waals surface area (Å²) in [6.07, 6.45) is 8.50. The molecule has 0 amide bonds. The molecule has 320 valence electrons. The van der Waals surface area contributed by atoms with E-state index in [1.54, 1.807) is 27.5 Å². The third kappa shape index (κ3) is 10.0. The fraction of sp³-hybridized carbons (Fsp3) is 0.424. The van der Waals surface area contributed by atoms with Gasteiger partial charge in [0.2, 0.25) is 0 Å². The average Bonchev–Trinajstić information content (AvgIpc) is 3.73. The molecule has 3 unspecified atom stereocenters. The molecule has 0 bridgehead atoms. The molecule has 0 fully saturated rings. The van der Waals surface area contributed by atoms with Crippen molar-refractivity contribution in [3.05, 3.63) is 160 Å². The van der Waals surface area contributed by atoms with Gasteiger partial charge < -0.3 is 4.74 Å². The molecule has 5 aromatic rings. The van der Waals surface area contributed by atoms with Crippen molar-refractivity contribution in [3.8, 4) is 22.3 Å². The van der Waals surface area contributed by atoms with Crippen LogP contribution in [0.25, 0.3) is 33.9 Å². The molecule has 0 aliphatic heterocycles. The van der Waals surface area contributed by atoms with Crippen LogP contribution in [0.3, 0.4) is 0 Å². The normalized spacial score (nSPS) is 17.2. The monoisotopic (exact) mass is 827 g/mol. The standard InChI is InChI=1S/C59H74OSi/c1-40(2)52-38-53-48(42-29-33-44(34-30-42)57(4,5)6)25-20-27-50(53)54(52)39-61(46-22-16-15-17-23-46)56-41(3)47(24-18-13-14-19-37-60-59(10,11)12)55-49(26-21-28-51(55)56)43-31-35-45(36-32-43)58(7,8)9/h15-17,20-23,25-36,38,40,54,56,61H,13-14,18-19,24,37,39H2,1-12H3. The van der Waals surface area contributed by atoms with Crippen LogP contribution in [0.5, 0.6) is 0 Å². The number of hydrogen-bond acceptors (Lipinski definition) is 1. The zero-order valence-electron chi connectivity index (χ0n) is 39.7. The maximum atomic E-state index is 6.08. The maximum absolute atomic E-state index is 6.08. The predicted molar refractivity (Wildman–Crippen MR) is 269 cm³/mol. The van der Waals surface area contributed by atoms with Gasteiger partial charge in [0.1, 0.15) is 0 Å². The number of ether oxygens (including phenoxy) is 1. The zero-order valence-corrected chi connectivity index (χ0v) is 40.9. The quantitative estimate of drug-likeness (QED) is 0.0800. The largest absolute Gasteiger partial charge is 0.376 e. The van der Waals surface area contributed by atoms with Crippen LogP contribution < -0.4 is 5.19 Å². The topological polar surface area (TPSA) is 9.23 Å². The minimum absolute atomic E-state index is 0.0713. The average molecular weight is 827 g/mol. The van der Waals surface area contributed by atoms with Crippen molar-refractivity contribution >= 4 is 25.6 Å². The SMILES string of the molecule is CC1=C(CCCCCCOC(C)(C)C)c2c(-c3ccc(C(C)(C)C)cc3)cccc2C1[SiH](CC1C(C(C)C)=Cc2c(-c3ccc(C(C)(C)C)cc3)cccc21)c1ccccc1. The number of rotatable bonds is 14. The molecule has 0 saturated carbocycles. The van der Waals surface area contributed by atoms with E-state index in [0.717, 1.165) is 19.4 Å². The van der Waals surface area contributed by atoms with Gasteiger partial charge in [0, 0.05) is 18.1 Å². The lowest BCUT2D eigenvalue weighted by Crippen LogP contribution is -2.38. The van der Waals surface area contributed by atoms with Gasteiger partial charge in [-0.2, -0.15) is 0 Å². The molecule has 0 saturated heterocycles. The molecular formula is C59H74OSi. The Morgan fingerprint density at radius 3 is 1.72 bits per heavy atom. The van der Waals surface area contributed by atoms with Crippen molar-refractivity contribution in [3.63, 3.8) is 0 Å². The molecule has 0 spiro atoms. The van der Waals surface area contributed by atoms with Crippen LogP contribution in [-0.4, -0.2) is 21.0 Å². The summed E-state index contributed by atoms with van der Waals surface area (Å²) in [4.78, 5) is 0. The first-order valence-corrected chi connectivity index (χ1v) is 25.6. The highest BCUT2D eigenvalue weighted by molar-refractivity contribution is 6.75. The summed E-state index contributed by atoms with van der Waals surface area (Å²) >= 11 is 0. The first kappa shape index (κ1) is 44.8. The molecule has 0 aromatic heterocycles. The molecule has 3 atom stereocenters. The van der Waals surface area contributed by atoms with Crippen LogP contribution >= 0.6 is 0 Å². The molecule has 0 N–H and O–H groups in total. The Morgan fingerprint density at radius 2 is 1.15 bits per heavy atom. The summed E-state index contributed by atoms with van der Waals surface area (Å²) in [5.74, 6) is 0.878. The minimum Gasteiger partial charge on any atom is -0.376 e. The van der Waals surface area contributed by atoms with Crippen LogP contribution in [0, 0.1) is 5.92 Å². The zero-order chi connectivity index (χ0) is 43.7. The Balaban J connectivity index is 1.29. The van der Waals surface area contributed by atoms with Gasteiger partial charge in [-0.05, 0) is 131 Å². The van der Waals surface area contributed by atoms with Gasteiger partial charge in [0.25, 0.3) is 0 Å². The summed E-state index contributed by atoms with van der Waals surface area (Å²) in [5.41, 5.74) is 19.7. The fourth-order valence-electron chi connectivity index (χ4n) is 10.3. The van der Waals surface area contributed by atoms with Crippen molar-refractivity contribution in [2.75, 3.05) is 6.61 Å². The molecule has 2 aliphatic rings. The van der Waals surface area contributed by atoms with E-state index in [0.29, 0.717) is 17.4 Å². The van der Waals surface area contributed by atoms with Crippen molar-refractivity contribution in [1.29, 1.82) is 0 Å². The number of fused-ring (bicyclic) bond motifs is 2. The van der Waals surface area contributed by atoms with E-state index >= 15 is 0 Å². The second-order valence-electron chi connectivity index (χ2n) is 21.6. The van der Waals surface area contributed by atoms with Gasteiger partial charge >= 0.3 is 0 Å². The highest BCUT2D eigenvalue weighted by atomic mass is 28.3. The number of allylic oxidation sites excluding steroid dienone is 3. The van der Waals surface area contributed by atoms with Crippen molar-refractivity contribution in [2.45, 2.75) is 149 Å². The van der Waals surface area contributed by atoms with Gasteiger partial charge in [0.05, 0.1) is 14.4 Å². The van der Waals surface area contributed by atoms with Gasteiger partial charge in [-0.25, -0.2) is 0 Å². The van der Waals surface area contributed by atoms with Gasteiger partial charge in [0.15, 0.2) is 0 Å². The number of hydrogen-bond donors (Lipinski definition) is 0. The van der Waals surface area contributed by atoms with E-state index < -0.39 is 8.80 Å². The Morgan fingerprint density at radius 1 is 0.590 bits per heavy atom. The van der Waals surface area contributed by atoms with Gasteiger partial charge in [-0.3, -0.25) is 0 Å². The van der Waals surface area contributed by atoms with Crippen molar-refractivity contribution in [2.24, 2.45) is 5.92 Å². The maximum Gasteiger partial charge on any atom is 0.0837 e. The number of benzene rings is 5. The first-order chi connectivity index (χ1) is 28.9. The van der Waals surface area contributed by atoms with Crippen LogP contribution in [0.2, 0.25) is 6.04 Å². The summed E-state index contributed by atoms with van der Waals surface area (Å²) in [6.45, 7) is 28.5. The van der Waals surface area contributed by atoms with Crippen LogP contribution in [0.1, 0.15) is 160 Å². The summed E-state index contributed by atoms with van der Waals surface area (Å²) in [6, 6.07) is 46.3. The molecule has 2 aliphatic carbocycles. The van der Waals surface area contributed by atoms with Crippen molar-refractivity contribution < 1.29 is 4.74 Å². The van der Waals surface area contributed by atoms with Crippen LogP contribution in [0.4, 0.5) is 0 Å². The second kappa shape index (κ2) is 18.2. The lowest BCUT2D eigenvalue weighted by Gasteiger charge is -2.30. The molecule has 2 heteroatoms. The van der Waals surface area contributed by atoms with Gasteiger partial charge in [-0.1, -0.05) is 206 Å². The van der Waals surface area contributed by atoms with Gasteiger partial charge in [-0.15, -0.1) is 0 Å². The van der Waals surface area contributed by atoms with Crippen molar-refractivity contribution in [1.82, 2.24) is 0 Å². The third-order valence-corrected chi connectivity index (χ3v) is 17.6. The van der Waals surface area contributed by atoms with E-state index in [9.17, 15) is 0 Å². The van der Waals surface area contributed by atoms with E-state index in [1.165, 1.54) is 75.4 Å². The Labute approximate surface area is 372 Å². The molecular weight excluding hydrogens is 753 g/mol. The fourth-order valence-corrected chi connectivity index (χ4v) is 14.5. The molecule has 0 radical (unpaired) electrons. The Kier molecular flexibility index (Phi) is 13.4. The summed E-state index contributed by atoms with van der Waals surface area (Å²) in [7, 11) is -1.72. The Bertz CT molecular complexity index is 2340. The molecule has 0 heterocycles. The third-order valence-electron chi connectivity index (χ3n) is 13.7. The highest BCUT2D eigenvalue weighted by Crippen LogP contribution is 2.53. The van der Waals surface area contributed by atoms with E-state index in [2.05, 4.69) is 204 Å². The van der Waals surface area contributed by atoms with E-state index in [4.69, 9.17) is 4.74 Å². The van der Waals surface area contributed by atoms with Crippen LogP contribution in [-0.2, 0) is 15.6 Å². The first-order valence-electron chi connectivity index (χ1n) is 23.5. The van der Waals surface area contributed by atoms with E-state index in [-0.39, 0.29) is 16.4 Å². The lowest BCUT2D eigenvalue weighted by atomic mass is 9.85. The minimum atomic E-state index is -1.72. The summed E-state index contributed by atoms with van der Waals surface area (Å²) < 4.78 is 6.08. The Hall–Kier alpha value is -4.24. The molecule has 7 rings (SSSR count). The molecule has 1 nitrogen and oxygen atoms in total.